The number of hydrogen-bond donors (Lipinski definition) is 3. The van der Waals surface area contributed by atoms with Gasteiger partial charge in [-0.25, -0.2) is 4.79 Å². The molecule has 1 amide bonds. The van der Waals surface area contributed by atoms with Crippen LogP contribution in [0.1, 0.15) is 12.8 Å². The first-order valence-corrected chi connectivity index (χ1v) is 5.30. The van der Waals surface area contributed by atoms with Crippen LogP contribution in [0, 0.1) is 0 Å². The fourth-order valence-corrected chi connectivity index (χ4v) is 1.57. The third-order valence-electron chi connectivity index (χ3n) is 2.45. The number of carbonyl (C=O) groups is 2. The van der Waals surface area contributed by atoms with Crippen LogP contribution in [0.5, 0.6) is 11.8 Å². The second-order valence-corrected chi connectivity index (χ2v) is 3.80. The maximum atomic E-state index is 11.3. The Morgan fingerprint density at radius 1 is 1.44 bits per heavy atom. The Bertz CT molecular complexity index is 449. The van der Waals surface area contributed by atoms with E-state index in [1.807, 2.05) is 0 Å². The number of rotatable bonds is 3. The number of aromatic hydroxyl groups is 2. The van der Waals surface area contributed by atoms with E-state index < -0.39 is 17.9 Å². The lowest BCUT2D eigenvalue weighted by Gasteiger charge is -2.11. The van der Waals surface area contributed by atoms with E-state index in [1.165, 1.54) is 0 Å². The van der Waals surface area contributed by atoms with E-state index in [1.54, 1.807) is 0 Å². The molecule has 0 aliphatic carbocycles. The highest BCUT2D eigenvalue weighted by molar-refractivity contribution is 5.78. The Hall–Kier alpha value is -2.38. The van der Waals surface area contributed by atoms with Crippen LogP contribution in [-0.2, 0) is 9.53 Å². The van der Waals surface area contributed by atoms with Crippen LogP contribution in [0.2, 0.25) is 0 Å². The lowest BCUT2D eigenvalue weighted by molar-refractivity contribution is -0.119. The Balaban J connectivity index is 1.80. The highest BCUT2D eigenvalue weighted by Crippen LogP contribution is 2.18. The predicted octanol–water partition coefficient (Wildman–Crippen LogP) is -0.257. The quantitative estimate of drug-likeness (QED) is 0.643. The van der Waals surface area contributed by atoms with Gasteiger partial charge in [0.15, 0.2) is 0 Å². The van der Waals surface area contributed by atoms with Crippen molar-refractivity contribution in [3.63, 3.8) is 0 Å². The van der Waals surface area contributed by atoms with Gasteiger partial charge in [-0.1, -0.05) is 0 Å². The molecular weight excluding hydrogens is 244 g/mol. The second-order valence-electron chi connectivity index (χ2n) is 3.80. The van der Waals surface area contributed by atoms with Crippen LogP contribution in [0.4, 0.5) is 4.79 Å². The summed E-state index contributed by atoms with van der Waals surface area (Å²) >= 11 is 0. The number of hydrogen-bond acceptors (Lipinski definition) is 6. The van der Waals surface area contributed by atoms with E-state index in [0.717, 1.165) is 12.1 Å². The molecular formula is C10H12N2O6. The van der Waals surface area contributed by atoms with Gasteiger partial charge in [0.25, 0.3) is 0 Å². The molecule has 0 radical (unpaired) electrons. The minimum atomic E-state index is -1.09. The summed E-state index contributed by atoms with van der Waals surface area (Å²) in [4.78, 5) is 26.7. The van der Waals surface area contributed by atoms with Crippen LogP contribution >= 0.6 is 0 Å². The number of nitrogens with one attached hydrogen (secondary N) is 1. The molecule has 18 heavy (non-hydrogen) atoms. The minimum Gasteiger partial charge on any atom is -0.492 e. The molecule has 0 aromatic carbocycles. The fourth-order valence-electron chi connectivity index (χ4n) is 1.57. The van der Waals surface area contributed by atoms with Gasteiger partial charge in [0, 0.05) is 18.6 Å². The summed E-state index contributed by atoms with van der Waals surface area (Å²) in [5.74, 6) is -0.949. The van der Waals surface area contributed by atoms with Gasteiger partial charge in [0.2, 0.25) is 17.7 Å². The van der Waals surface area contributed by atoms with Crippen LogP contribution in [0.25, 0.3) is 0 Å². The molecule has 1 saturated heterocycles. The number of amides is 1. The second kappa shape index (κ2) is 4.86. The molecule has 98 valence electrons. The Labute approximate surface area is 102 Å². The molecule has 8 nitrogen and oxygen atoms in total. The van der Waals surface area contributed by atoms with E-state index in [-0.39, 0.29) is 18.6 Å². The molecule has 1 aliphatic heterocycles. The molecule has 0 spiro atoms. The van der Waals surface area contributed by atoms with E-state index in [2.05, 4.69) is 10.2 Å². The molecule has 1 aromatic heterocycles. The molecule has 2 heterocycles. The zero-order chi connectivity index (χ0) is 13.1. The van der Waals surface area contributed by atoms with Gasteiger partial charge in [-0.3, -0.25) is 9.63 Å². The van der Waals surface area contributed by atoms with Crippen molar-refractivity contribution < 1.29 is 29.4 Å². The molecule has 1 fully saturated rings. The summed E-state index contributed by atoms with van der Waals surface area (Å²) in [7, 11) is 0. The Morgan fingerprint density at radius 3 is 2.67 bits per heavy atom. The van der Waals surface area contributed by atoms with Crippen LogP contribution in [0.15, 0.2) is 12.1 Å². The largest absolute Gasteiger partial charge is 0.534 e. The van der Waals surface area contributed by atoms with Crippen molar-refractivity contribution in [3.05, 3.63) is 12.1 Å². The summed E-state index contributed by atoms with van der Waals surface area (Å²) in [5, 5.41) is 21.0. The van der Waals surface area contributed by atoms with Crippen molar-refractivity contribution in [2.45, 2.75) is 18.9 Å². The van der Waals surface area contributed by atoms with Gasteiger partial charge in [-0.15, -0.1) is 4.73 Å². The van der Waals surface area contributed by atoms with Gasteiger partial charge >= 0.3 is 6.16 Å². The smallest absolute Gasteiger partial charge is 0.492 e. The van der Waals surface area contributed by atoms with Crippen molar-refractivity contribution in [1.82, 2.24) is 10.0 Å². The Kier molecular flexibility index (Phi) is 3.26. The SMILES string of the molecule is O=C1CC[C@@H](COC(=O)On2c(O)ccc2O)N1. The monoisotopic (exact) mass is 256 g/mol. The topological polar surface area (TPSA) is 110 Å². The third kappa shape index (κ3) is 2.65. The van der Waals surface area contributed by atoms with E-state index in [9.17, 15) is 19.8 Å². The Morgan fingerprint density at radius 2 is 2.11 bits per heavy atom. The first kappa shape index (κ1) is 12.1. The van der Waals surface area contributed by atoms with Crippen LogP contribution in [-0.4, -0.2) is 39.7 Å². The lowest BCUT2D eigenvalue weighted by Crippen LogP contribution is -2.32. The highest BCUT2D eigenvalue weighted by atomic mass is 16.8. The van der Waals surface area contributed by atoms with Crippen molar-refractivity contribution in [3.8, 4) is 11.8 Å². The fraction of sp³-hybridized carbons (Fsp3) is 0.400. The van der Waals surface area contributed by atoms with E-state index in [0.29, 0.717) is 17.6 Å². The van der Waals surface area contributed by atoms with Gasteiger partial charge in [0.05, 0.1) is 6.04 Å². The average molecular weight is 256 g/mol. The standard InChI is InChI=1S/C10H12N2O6/c13-7-2-1-6(11-7)5-17-10(16)18-12-8(14)3-4-9(12)15/h3-4,6,14-15H,1-2,5H2,(H,11,13)/t6-/m0/s1. The van der Waals surface area contributed by atoms with Crippen molar-refractivity contribution in [2.24, 2.45) is 0 Å². The summed E-state index contributed by atoms with van der Waals surface area (Å²) in [5.41, 5.74) is 0. The lowest BCUT2D eigenvalue weighted by atomic mass is 10.2. The van der Waals surface area contributed by atoms with E-state index in [4.69, 9.17) is 4.74 Å². The van der Waals surface area contributed by atoms with Crippen molar-refractivity contribution in [1.29, 1.82) is 0 Å². The number of aromatic nitrogens is 1. The molecule has 1 atom stereocenters. The van der Waals surface area contributed by atoms with Gasteiger partial charge in [-0.2, -0.15) is 0 Å². The molecule has 1 aliphatic rings. The first-order valence-electron chi connectivity index (χ1n) is 5.30. The van der Waals surface area contributed by atoms with Gasteiger partial charge in [0.1, 0.15) is 6.61 Å². The molecule has 3 N–H and O–H groups in total. The molecule has 0 unspecified atom stereocenters. The maximum Gasteiger partial charge on any atom is 0.534 e. The molecule has 0 saturated carbocycles. The van der Waals surface area contributed by atoms with Crippen LogP contribution in [0.3, 0.4) is 0 Å². The third-order valence-corrected chi connectivity index (χ3v) is 2.45. The normalized spacial score (nSPS) is 18.4. The average Bonchev–Trinajstić information content (AvgIpc) is 2.87. The highest BCUT2D eigenvalue weighted by Gasteiger charge is 2.23. The van der Waals surface area contributed by atoms with Crippen LogP contribution < -0.4 is 10.2 Å². The number of carbonyl (C=O) groups excluding carboxylic acids is 2. The molecule has 8 heteroatoms. The molecule has 1 aromatic rings. The predicted molar refractivity (Wildman–Crippen MR) is 56.9 cm³/mol. The maximum absolute atomic E-state index is 11.3. The van der Waals surface area contributed by atoms with Gasteiger partial charge < -0.3 is 20.3 Å². The first-order chi connectivity index (χ1) is 8.56. The molecule has 0 bridgehead atoms. The summed E-state index contributed by atoms with van der Waals surface area (Å²) < 4.78 is 5.26. The number of nitrogens with zero attached hydrogens (tertiary/aromatic N) is 1. The number of ether oxygens (including phenoxy) is 1. The van der Waals surface area contributed by atoms with Gasteiger partial charge in [-0.05, 0) is 6.42 Å². The summed E-state index contributed by atoms with van der Waals surface area (Å²) in [6.45, 7) is -0.0205. The summed E-state index contributed by atoms with van der Waals surface area (Å²) in [6, 6.07) is 2.08. The van der Waals surface area contributed by atoms with Crippen molar-refractivity contribution in [2.75, 3.05) is 6.61 Å². The zero-order valence-electron chi connectivity index (χ0n) is 9.33. The summed E-state index contributed by atoms with van der Waals surface area (Å²) in [6.07, 6.45) is -0.0908. The van der Waals surface area contributed by atoms with E-state index >= 15 is 0 Å². The zero-order valence-corrected chi connectivity index (χ0v) is 9.33. The van der Waals surface area contributed by atoms with Crippen molar-refractivity contribution >= 4 is 12.1 Å². The molecule has 2 rings (SSSR count). The minimum absolute atomic E-state index is 0.0205.